The molecule has 0 atom stereocenters. The first-order valence-electron chi connectivity index (χ1n) is 8.54. The van der Waals surface area contributed by atoms with Crippen LogP contribution in [-0.4, -0.2) is 0 Å². The van der Waals surface area contributed by atoms with E-state index in [2.05, 4.69) is 6.92 Å². The standard InChI is InChI=1S/C19H25F2N/c1-2-3-4-5-6-14-7-9-15(10-8-14)16-11-18(20)17(13-22)19(21)12-16/h11-12,14-15H,2-10H2,1H3. The summed E-state index contributed by atoms with van der Waals surface area (Å²) in [6, 6.07) is 4.29. The van der Waals surface area contributed by atoms with Gasteiger partial charge in [0.25, 0.3) is 0 Å². The molecule has 0 saturated heterocycles. The molecule has 0 bridgehead atoms. The van der Waals surface area contributed by atoms with E-state index >= 15 is 0 Å². The van der Waals surface area contributed by atoms with Crippen LogP contribution in [0.1, 0.15) is 81.8 Å². The average Bonchev–Trinajstić information content (AvgIpc) is 2.52. The van der Waals surface area contributed by atoms with Gasteiger partial charge in [-0.25, -0.2) is 8.78 Å². The lowest BCUT2D eigenvalue weighted by Gasteiger charge is -2.29. The first-order valence-corrected chi connectivity index (χ1v) is 8.54. The number of nitrogens with zero attached hydrogens (tertiary/aromatic N) is 1. The molecule has 1 fully saturated rings. The Kier molecular flexibility index (Phi) is 6.36. The van der Waals surface area contributed by atoms with Gasteiger partial charge in [-0.3, -0.25) is 0 Å². The normalized spacial score (nSPS) is 21.5. The Morgan fingerprint density at radius 3 is 2.23 bits per heavy atom. The molecule has 0 N–H and O–H groups in total. The smallest absolute Gasteiger partial charge is 0.144 e. The van der Waals surface area contributed by atoms with Crippen LogP contribution in [0.5, 0.6) is 0 Å². The maximum absolute atomic E-state index is 13.7. The van der Waals surface area contributed by atoms with Crippen LogP contribution in [-0.2, 0) is 0 Å². The van der Waals surface area contributed by atoms with Gasteiger partial charge in [0.15, 0.2) is 0 Å². The number of unbranched alkanes of at least 4 members (excludes halogenated alkanes) is 3. The van der Waals surface area contributed by atoms with Crippen molar-refractivity contribution in [2.24, 2.45) is 5.92 Å². The molecule has 3 heteroatoms. The van der Waals surface area contributed by atoms with Gasteiger partial charge in [0.05, 0.1) is 0 Å². The van der Waals surface area contributed by atoms with E-state index in [4.69, 9.17) is 5.26 Å². The molecule has 1 aromatic carbocycles. The summed E-state index contributed by atoms with van der Waals surface area (Å²) < 4.78 is 27.4. The van der Waals surface area contributed by atoms with Gasteiger partial charge in [-0.15, -0.1) is 0 Å². The lowest BCUT2D eigenvalue weighted by Crippen LogP contribution is -2.14. The predicted molar refractivity (Wildman–Crippen MR) is 84.5 cm³/mol. The summed E-state index contributed by atoms with van der Waals surface area (Å²) in [4.78, 5) is 0. The quantitative estimate of drug-likeness (QED) is 0.584. The van der Waals surface area contributed by atoms with Crippen LogP contribution in [0.15, 0.2) is 12.1 Å². The molecule has 0 unspecified atom stereocenters. The van der Waals surface area contributed by atoms with Gasteiger partial charge in [-0.1, -0.05) is 39.0 Å². The van der Waals surface area contributed by atoms with Crippen molar-refractivity contribution >= 4 is 0 Å². The molecule has 1 nitrogen and oxygen atoms in total. The van der Waals surface area contributed by atoms with E-state index in [0.29, 0.717) is 0 Å². The molecular weight excluding hydrogens is 280 g/mol. The maximum Gasteiger partial charge on any atom is 0.144 e. The van der Waals surface area contributed by atoms with E-state index in [9.17, 15) is 8.78 Å². The highest BCUT2D eigenvalue weighted by atomic mass is 19.1. The molecule has 0 aromatic heterocycles. The van der Waals surface area contributed by atoms with Crippen molar-refractivity contribution in [3.63, 3.8) is 0 Å². The largest absolute Gasteiger partial charge is 0.205 e. The summed E-state index contributed by atoms with van der Waals surface area (Å²) in [5, 5.41) is 8.73. The summed E-state index contributed by atoms with van der Waals surface area (Å²) in [5.41, 5.74) is 0.256. The molecule has 2 rings (SSSR count). The third kappa shape index (κ3) is 4.29. The van der Waals surface area contributed by atoms with Gasteiger partial charge in [-0.05, 0) is 55.2 Å². The lowest BCUT2D eigenvalue weighted by atomic mass is 9.77. The van der Waals surface area contributed by atoms with Crippen molar-refractivity contribution in [1.82, 2.24) is 0 Å². The van der Waals surface area contributed by atoms with Gasteiger partial charge < -0.3 is 0 Å². The molecule has 0 amide bonds. The third-order valence-electron chi connectivity index (χ3n) is 4.96. The number of rotatable bonds is 6. The van der Waals surface area contributed by atoms with Crippen LogP contribution in [0.2, 0.25) is 0 Å². The first kappa shape index (κ1) is 16.9. The van der Waals surface area contributed by atoms with E-state index < -0.39 is 17.2 Å². The highest BCUT2D eigenvalue weighted by Gasteiger charge is 2.24. The number of halogens is 2. The fourth-order valence-corrected chi connectivity index (χ4v) is 3.58. The van der Waals surface area contributed by atoms with Gasteiger partial charge in [0.2, 0.25) is 0 Å². The fraction of sp³-hybridized carbons (Fsp3) is 0.632. The van der Waals surface area contributed by atoms with E-state index in [0.717, 1.165) is 37.2 Å². The molecule has 120 valence electrons. The zero-order chi connectivity index (χ0) is 15.9. The van der Waals surface area contributed by atoms with E-state index in [1.165, 1.54) is 44.2 Å². The zero-order valence-electron chi connectivity index (χ0n) is 13.4. The number of hydrogen-bond donors (Lipinski definition) is 0. The van der Waals surface area contributed by atoms with Crippen LogP contribution in [0, 0.1) is 28.9 Å². The Balaban J connectivity index is 1.88. The van der Waals surface area contributed by atoms with Crippen LogP contribution in [0.4, 0.5) is 8.78 Å². The van der Waals surface area contributed by atoms with E-state index in [1.807, 2.05) is 0 Å². The Morgan fingerprint density at radius 1 is 1.05 bits per heavy atom. The maximum atomic E-state index is 13.7. The minimum Gasteiger partial charge on any atom is -0.205 e. The molecule has 0 aliphatic heterocycles. The first-order chi connectivity index (χ1) is 10.7. The molecule has 1 aromatic rings. The lowest BCUT2D eigenvalue weighted by molar-refractivity contribution is 0.301. The summed E-state index contributed by atoms with van der Waals surface area (Å²) in [5.74, 6) is -0.428. The highest BCUT2D eigenvalue weighted by molar-refractivity contribution is 5.36. The topological polar surface area (TPSA) is 23.8 Å². The minimum absolute atomic E-state index is 0.239. The van der Waals surface area contributed by atoms with Crippen molar-refractivity contribution in [2.45, 2.75) is 70.6 Å². The monoisotopic (exact) mass is 305 g/mol. The SMILES string of the molecule is CCCCCCC1CCC(c2cc(F)c(C#N)c(F)c2)CC1. The molecule has 0 radical (unpaired) electrons. The molecule has 1 aliphatic carbocycles. The van der Waals surface area contributed by atoms with Gasteiger partial charge in [-0.2, -0.15) is 5.26 Å². The van der Waals surface area contributed by atoms with Crippen molar-refractivity contribution in [2.75, 3.05) is 0 Å². The average molecular weight is 305 g/mol. The molecule has 22 heavy (non-hydrogen) atoms. The second kappa shape index (κ2) is 8.27. The third-order valence-corrected chi connectivity index (χ3v) is 4.96. The zero-order valence-corrected chi connectivity index (χ0v) is 13.4. The summed E-state index contributed by atoms with van der Waals surface area (Å²) in [7, 11) is 0. The van der Waals surface area contributed by atoms with Crippen molar-refractivity contribution < 1.29 is 8.78 Å². The summed E-state index contributed by atoms with van der Waals surface area (Å²) >= 11 is 0. The molecule has 1 aliphatic rings. The van der Waals surface area contributed by atoms with Crippen LogP contribution < -0.4 is 0 Å². The fourth-order valence-electron chi connectivity index (χ4n) is 3.58. The predicted octanol–water partition coefficient (Wildman–Crippen LogP) is 6.08. The van der Waals surface area contributed by atoms with E-state index in [-0.39, 0.29) is 5.92 Å². The van der Waals surface area contributed by atoms with Crippen molar-refractivity contribution in [3.05, 3.63) is 34.9 Å². The molecule has 0 heterocycles. The van der Waals surface area contributed by atoms with Crippen LogP contribution >= 0.6 is 0 Å². The molecule has 0 spiro atoms. The van der Waals surface area contributed by atoms with Crippen molar-refractivity contribution in [3.8, 4) is 6.07 Å². The number of benzene rings is 1. The van der Waals surface area contributed by atoms with Gasteiger partial charge in [0.1, 0.15) is 23.3 Å². The van der Waals surface area contributed by atoms with Crippen LogP contribution in [0.3, 0.4) is 0 Å². The van der Waals surface area contributed by atoms with Crippen molar-refractivity contribution in [1.29, 1.82) is 5.26 Å². The summed E-state index contributed by atoms with van der Waals surface area (Å²) in [6.45, 7) is 2.22. The Labute approximate surface area is 132 Å². The number of nitriles is 1. The van der Waals surface area contributed by atoms with Gasteiger partial charge in [0, 0.05) is 0 Å². The summed E-state index contributed by atoms with van der Waals surface area (Å²) in [6.07, 6.45) is 10.8. The van der Waals surface area contributed by atoms with Gasteiger partial charge >= 0.3 is 0 Å². The Hall–Kier alpha value is -1.43. The minimum atomic E-state index is -0.723. The second-order valence-corrected chi connectivity index (χ2v) is 6.54. The molecule has 1 saturated carbocycles. The Bertz CT molecular complexity index is 502. The Morgan fingerprint density at radius 2 is 1.68 bits per heavy atom. The second-order valence-electron chi connectivity index (χ2n) is 6.54. The number of hydrogen-bond acceptors (Lipinski definition) is 1. The van der Waals surface area contributed by atoms with E-state index in [1.54, 1.807) is 6.07 Å². The highest BCUT2D eigenvalue weighted by Crippen LogP contribution is 2.38. The molecular formula is C19H25F2N. The van der Waals surface area contributed by atoms with Crippen LogP contribution in [0.25, 0.3) is 0 Å².